The minimum Gasteiger partial charge on any atom is -0.425 e. The van der Waals surface area contributed by atoms with Gasteiger partial charge < -0.3 is 19.4 Å². The predicted molar refractivity (Wildman–Crippen MR) is 156 cm³/mol. The molecule has 0 saturated heterocycles. The third-order valence-corrected chi connectivity index (χ3v) is 7.86. The quantitative estimate of drug-likeness (QED) is 0.223. The molecule has 0 N–H and O–H groups in total. The van der Waals surface area contributed by atoms with Crippen LogP contribution in [0.15, 0.2) is 66.7 Å². The summed E-state index contributed by atoms with van der Waals surface area (Å²) < 4.78 is 6.07. The van der Waals surface area contributed by atoms with Gasteiger partial charge in [0.2, 0.25) is 0 Å². The second-order valence-electron chi connectivity index (χ2n) is 9.43. The van der Waals surface area contributed by atoms with Gasteiger partial charge >= 0.3 is 5.97 Å². The van der Waals surface area contributed by atoms with Crippen molar-refractivity contribution >= 4 is 23.0 Å². The Hall–Kier alpha value is -3.47. The van der Waals surface area contributed by atoms with Gasteiger partial charge in [0.1, 0.15) is 11.2 Å². The Labute approximate surface area is 222 Å². The highest BCUT2D eigenvalue weighted by atomic mass is 16.5. The maximum Gasteiger partial charge on any atom is 0.331 e. The van der Waals surface area contributed by atoms with E-state index in [-0.39, 0.29) is 5.97 Å². The van der Waals surface area contributed by atoms with Crippen molar-refractivity contribution in [3.05, 3.63) is 83.4 Å². The molecule has 5 nitrogen and oxygen atoms in total. The summed E-state index contributed by atoms with van der Waals surface area (Å²) in [7, 11) is 0. The van der Waals surface area contributed by atoms with E-state index in [0.717, 1.165) is 73.0 Å². The van der Waals surface area contributed by atoms with Crippen molar-refractivity contribution in [2.24, 2.45) is 0 Å². The molecule has 1 heterocycles. The van der Waals surface area contributed by atoms with Crippen LogP contribution in [0.3, 0.4) is 0 Å². The standard InChI is InChI=1S/C32H41N3O2/c1-7-33(8-2)26-17-13-24(14-18-26)32(25-15-19-27(20-16-25)34(9-3)10-4)29-22-21-28(35(11-5)12-6)23-30(29)37-31(32)36/h13-23H,7-12H2,1-6H3. The Kier molecular flexibility index (Phi) is 8.11. The fourth-order valence-electron chi connectivity index (χ4n) is 5.71. The first-order valence-corrected chi connectivity index (χ1v) is 13.8. The number of nitrogens with zero attached hydrogens (tertiary/aromatic N) is 3. The van der Waals surface area contributed by atoms with Crippen molar-refractivity contribution < 1.29 is 9.53 Å². The van der Waals surface area contributed by atoms with Crippen molar-refractivity contribution in [3.63, 3.8) is 0 Å². The van der Waals surface area contributed by atoms with Crippen molar-refractivity contribution in [1.82, 2.24) is 0 Å². The first kappa shape index (κ1) is 26.6. The molecule has 0 aromatic heterocycles. The van der Waals surface area contributed by atoms with Gasteiger partial charge in [-0.05, 0) is 83.0 Å². The fourth-order valence-corrected chi connectivity index (χ4v) is 5.71. The molecule has 3 aromatic carbocycles. The lowest BCUT2D eigenvalue weighted by atomic mass is 9.70. The van der Waals surface area contributed by atoms with Gasteiger partial charge in [-0.3, -0.25) is 0 Å². The second-order valence-corrected chi connectivity index (χ2v) is 9.43. The Morgan fingerprint density at radius 3 is 1.35 bits per heavy atom. The molecule has 0 aliphatic carbocycles. The summed E-state index contributed by atoms with van der Waals surface area (Å²) in [6.45, 7) is 18.5. The molecule has 5 heteroatoms. The van der Waals surface area contributed by atoms with Crippen LogP contribution in [0.5, 0.6) is 5.75 Å². The number of hydrogen-bond acceptors (Lipinski definition) is 5. The lowest BCUT2D eigenvalue weighted by Gasteiger charge is -2.30. The van der Waals surface area contributed by atoms with Gasteiger partial charge in [-0.25, -0.2) is 4.79 Å². The van der Waals surface area contributed by atoms with E-state index in [9.17, 15) is 4.79 Å². The molecule has 37 heavy (non-hydrogen) atoms. The van der Waals surface area contributed by atoms with Crippen LogP contribution in [0.25, 0.3) is 0 Å². The zero-order valence-electron chi connectivity index (χ0n) is 23.3. The van der Waals surface area contributed by atoms with E-state index in [4.69, 9.17) is 4.74 Å². The summed E-state index contributed by atoms with van der Waals surface area (Å²) in [4.78, 5) is 20.9. The van der Waals surface area contributed by atoms with Gasteiger partial charge in [-0.2, -0.15) is 0 Å². The fraction of sp³-hybridized carbons (Fsp3) is 0.406. The minimum atomic E-state index is -1.01. The lowest BCUT2D eigenvalue weighted by molar-refractivity contribution is -0.135. The molecule has 0 bridgehead atoms. The predicted octanol–water partition coefficient (Wildman–Crippen LogP) is 6.48. The SMILES string of the molecule is CCN(CC)c1ccc(C2(c3ccc(N(CC)CC)cc3)C(=O)Oc3cc(N(CC)CC)ccc32)cc1. The highest BCUT2D eigenvalue weighted by molar-refractivity contribution is 5.99. The first-order chi connectivity index (χ1) is 18.0. The topological polar surface area (TPSA) is 36.0 Å². The summed E-state index contributed by atoms with van der Waals surface area (Å²) in [6, 6.07) is 23.1. The average molecular weight is 500 g/mol. The molecule has 0 radical (unpaired) electrons. The van der Waals surface area contributed by atoms with Crippen LogP contribution in [0.4, 0.5) is 17.1 Å². The van der Waals surface area contributed by atoms with Crippen molar-refractivity contribution in [2.45, 2.75) is 47.0 Å². The summed E-state index contributed by atoms with van der Waals surface area (Å²) in [5.74, 6) is 0.403. The Bertz CT molecular complexity index is 1140. The van der Waals surface area contributed by atoms with Crippen LogP contribution in [0.1, 0.15) is 58.2 Å². The molecule has 0 saturated carbocycles. The second kappa shape index (κ2) is 11.3. The lowest BCUT2D eigenvalue weighted by Crippen LogP contribution is -2.36. The number of anilines is 3. The molecule has 0 fully saturated rings. The molecule has 196 valence electrons. The van der Waals surface area contributed by atoms with Crippen LogP contribution in [0, 0.1) is 0 Å². The van der Waals surface area contributed by atoms with Gasteiger partial charge in [-0.15, -0.1) is 0 Å². The van der Waals surface area contributed by atoms with E-state index in [0.29, 0.717) is 5.75 Å². The number of carbonyl (C=O) groups is 1. The van der Waals surface area contributed by atoms with E-state index in [1.54, 1.807) is 0 Å². The highest BCUT2D eigenvalue weighted by Gasteiger charge is 2.52. The maximum absolute atomic E-state index is 14.0. The van der Waals surface area contributed by atoms with E-state index in [1.165, 1.54) is 0 Å². The number of carbonyl (C=O) groups excluding carboxylic acids is 1. The number of hydrogen-bond donors (Lipinski definition) is 0. The summed E-state index contributed by atoms with van der Waals surface area (Å²) in [5, 5.41) is 0. The smallest absolute Gasteiger partial charge is 0.331 e. The molecule has 0 atom stereocenters. The largest absolute Gasteiger partial charge is 0.425 e. The van der Waals surface area contributed by atoms with E-state index in [1.807, 2.05) is 6.07 Å². The molecule has 0 amide bonds. The van der Waals surface area contributed by atoms with Gasteiger partial charge in [-0.1, -0.05) is 30.3 Å². The summed E-state index contributed by atoms with van der Waals surface area (Å²) >= 11 is 0. The Morgan fingerprint density at radius 1 is 0.568 bits per heavy atom. The molecular formula is C32H41N3O2. The number of benzene rings is 3. The third kappa shape index (κ3) is 4.56. The van der Waals surface area contributed by atoms with E-state index in [2.05, 4.69) is 117 Å². The van der Waals surface area contributed by atoms with Crippen LogP contribution < -0.4 is 19.4 Å². The van der Waals surface area contributed by atoms with Crippen molar-refractivity contribution in [2.75, 3.05) is 54.0 Å². The molecule has 3 aromatic rings. The number of fused-ring (bicyclic) bond motifs is 1. The molecule has 1 aliphatic heterocycles. The third-order valence-electron chi connectivity index (χ3n) is 7.86. The van der Waals surface area contributed by atoms with Gasteiger partial charge in [0.15, 0.2) is 0 Å². The van der Waals surface area contributed by atoms with Crippen molar-refractivity contribution in [1.29, 1.82) is 0 Å². The summed E-state index contributed by atoms with van der Waals surface area (Å²) in [6.07, 6.45) is 0. The van der Waals surface area contributed by atoms with Gasteiger partial charge in [0, 0.05) is 68.0 Å². The van der Waals surface area contributed by atoms with Crippen molar-refractivity contribution in [3.8, 4) is 5.75 Å². The molecule has 1 aliphatic rings. The summed E-state index contributed by atoms with van der Waals surface area (Å²) in [5.41, 5.74) is 5.13. The molecular weight excluding hydrogens is 458 g/mol. The van der Waals surface area contributed by atoms with Crippen LogP contribution in [-0.2, 0) is 10.2 Å². The molecule has 4 rings (SSSR count). The average Bonchev–Trinajstić information content (AvgIpc) is 3.23. The Morgan fingerprint density at radius 2 is 0.946 bits per heavy atom. The highest BCUT2D eigenvalue weighted by Crippen LogP contribution is 2.50. The van der Waals surface area contributed by atoms with Crippen LogP contribution in [-0.4, -0.2) is 45.2 Å². The van der Waals surface area contributed by atoms with Crippen LogP contribution in [0.2, 0.25) is 0 Å². The molecule has 0 spiro atoms. The van der Waals surface area contributed by atoms with E-state index >= 15 is 0 Å². The zero-order valence-corrected chi connectivity index (χ0v) is 23.3. The van der Waals surface area contributed by atoms with Crippen LogP contribution >= 0.6 is 0 Å². The maximum atomic E-state index is 14.0. The zero-order chi connectivity index (χ0) is 26.6. The van der Waals surface area contributed by atoms with Gasteiger partial charge in [0.25, 0.3) is 0 Å². The number of rotatable bonds is 11. The number of ether oxygens (including phenoxy) is 1. The minimum absolute atomic E-state index is 0.245. The monoisotopic (exact) mass is 499 g/mol. The Balaban J connectivity index is 1.89. The molecule has 0 unspecified atom stereocenters. The normalized spacial score (nSPS) is 13.7. The number of esters is 1. The van der Waals surface area contributed by atoms with E-state index < -0.39 is 5.41 Å². The first-order valence-electron chi connectivity index (χ1n) is 13.8. The van der Waals surface area contributed by atoms with Gasteiger partial charge in [0.05, 0.1) is 0 Å².